The van der Waals surface area contributed by atoms with Crippen molar-refractivity contribution in [3.05, 3.63) is 0 Å². The lowest BCUT2D eigenvalue weighted by Crippen LogP contribution is -2.36. The van der Waals surface area contributed by atoms with Gasteiger partial charge in [-0.1, -0.05) is 41.0 Å². The van der Waals surface area contributed by atoms with Crippen LogP contribution in [0.25, 0.3) is 0 Å². The molecule has 1 rings (SSSR count). The molecule has 1 fully saturated rings. The third-order valence-corrected chi connectivity index (χ3v) is 3.70. The summed E-state index contributed by atoms with van der Waals surface area (Å²) >= 11 is 0. The number of esters is 1. The molecule has 94 valence electrons. The van der Waals surface area contributed by atoms with E-state index < -0.39 is 0 Å². The number of hydrogen-bond acceptors (Lipinski definition) is 2. The molecule has 0 radical (unpaired) electrons. The van der Waals surface area contributed by atoms with Gasteiger partial charge in [-0.3, -0.25) is 4.79 Å². The van der Waals surface area contributed by atoms with E-state index in [0.29, 0.717) is 17.8 Å². The topological polar surface area (TPSA) is 26.3 Å². The summed E-state index contributed by atoms with van der Waals surface area (Å²) in [5.41, 5.74) is 0. The number of carbonyl (C=O) groups excluding carboxylic acids is 1. The maximum absolute atomic E-state index is 11.7. The minimum absolute atomic E-state index is 0.00922. The molecule has 2 nitrogen and oxygen atoms in total. The van der Waals surface area contributed by atoms with Crippen molar-refractivity contribution in [2.24, 2.45) is 23.7 Å². The molecule has 1 saturated carbocycles. The highest BCUT2D eigenvalue weighted by Gasteiger charge is 2.33. The molecule has 0 unspecified atom stereocenters. The summed E-state index contributed by atoms with van der Waals surface area (Å²) in [6.07, 6.45) is 3.67. The van der Waals surface area contributed by atoms with Gasteiger partial charge in [-0.05, 0) is 30.6 Å². The van der Waals surface area contributed by atoms with Crippen LogP contribution in [0.15, 0.2) is 0 Å². The fourth-order valence-corrected chi connectivity index (χ4v) is 2.54. The molecule has 1 aliphatic rings. The van der Waals surface area contributed by atoms with Crippen molar-refractivity contribution in [3.63, 3.8) is 0 Å². The molecule has 0 aliphatic heterocycles. The first-order valence-corrected chi connectivity index (χ1v) is 6.62. The zero-order chi connectivity index (χ0) is 12.3. The number of rotatable bonds is 3. The van der Waals surface area contributed by atoms with E-state index in [0.717, 1.165) is 6.42 Å². The van der Waals surface area contributed by atoms with Crippen LogP contribution in [-0.4, -0.2) is 12.1 Å². The Balaban J connectivity index is 2.61. The molecule has 3 atom stereocenters. The van der Waals surface area contributed by atoms with Crippen LogP contribution in [0.3, 0.4) is 0 Å². The van der Waals surface area contributed by atoms with Crippen molar-refractivity contribution in [1.82, 2.24) is 0 Å². The van der Waals surface area contributed by atoms with Gasteiger partial charge < -0.3 is 4.74 Å². The van der Waals surface area contributed by atoms with Gasteiger partial charge in [0.15, 0.2) is 0 Å². The van der Waals surface area contributed by atoms with Gasteiger partial charge in [0, 0.05) is 0 Å². The zero-order valence-corrected chi connectivity index (χ0v) is 11.3. The van der Waals surface area contributed by atoms with Crippen LogP contribution in [0.1, 0.15) is 53.9 Å². The number of carbonyl (C=O) groups is 1. The summed E-state index contributed by atoms with van der Waals surface area (Å²) in [7, 11) is 0. The summed E-state index contributed by atoms with van der Waals surface area (Å²) in [6.45, 7) is 10.5. The average Bonchev–Trinajstić information content (AvgIpc) is 2.16. The van der Waals surface area contributed by atoms with E-state index in [4.69, 9.17) is 4.74 Å². The lowest BCUT2D eigenvalue weighted by atomic mass is 9.75. The van der Waals surface area contributed by atoms with Gasteiger partial charge in [-0.25, -0.2) is 0 Å². The fraction of sp³-hybridized carbons (Fsp3) is 0.929. The zero-order valence-electron chi connectivity index (χ0n) is 11.3. The van der Waals surface area contributed by atoms with E-state index in [1.165, 1.54) is 12.8 Å². The van der Waals surface area contributed by atoms with Gasteiger partial charge in [-0.2, -0.15) is 0 Å². The number of ether oxygens (including phenoxy) is 1. The van der Waals surface area contributed by atoms with Gasteiger partial charge >= 0.3 is 5.97 Å². The molecular formula is C14H26O2. The molecule has 0 spiro atoms. The van der Waals surface area contributed by atoms with Gasteiger partial charge in [0.25, 0.3) is 0 Å². The summed E-state index contributed by atoms with van der Waals surface area (Å²) in [6, 6.07) is 0. The van der Waals surface area contributed by atoms with Gasteiger partial charge in [-0.15, -0.1) is 0 Å². The maximum atomic E-state index is 11.7. The van der Waals surface area contributed by atoms with Crippen molar-refractivity contribution >= 4 is 5.97 Å². The Kier molecular flexibility index (Phi) is 4.82. The van der Waals surface area contributed by atoms with Crippen molar-refractivity contribution in [2.45, 2.75) is 60.0 Å². The second-order valence-electron chi connectivity index (χ2n) is 5.96. The molecule has 0 saturated heterocycles. The Hall–Kier alpha value is -0.530. The Labute approximate surface area is 99.8 Å². The molecular weight excluding hydrogens is 200 g/mol. The van der Waals surface area contributed by atoms with Crippen LogP contribution >= 0.6 is 0 Å². The Bertz CT molecular complexity index is 233. The molecule has 0 bridgehead atoms. The smallest absolute Gasteiger partial charge is 0.308 e. The largest absolute Gasteiger partial charge is 0.462 e. The monoisotopic (exact) mass is 226 g/mol. The first kappa shape index (κ1) is 13.5. The van der Waals surface area contributed by atoms with Gasteiger partial charge in [0.1, 0.15) is 6.10 Å². The normalized spacial score (nSPS) is 30.8. The van der Waals surface area contributed by atoms with E-state index in [9.17, 15) is 4.79 Å². The van der Waals surface area contributed by atoms with Crippen LogP contribution in [0.2, 0.25) is 0 Å². The van der Waals surface area contributed by atoms with Crippen LogP contribution in [0, 0.1) is 23.7 Å². The third kappa shape index (κ3) is 3.50. The lowest BCUT2D eigenvalue weighted by molar-refractivity contribution is -0.159. The van der Waals surface area contributed by atoms with Crippen molar-refractivity contribution in [1.29, 1.82) is 0 Å². The Morgan fingerprint density at radius 2 is 1.81 bits per heavy atom. The SMILES string of the molecule is CC(C)C(=O)O[C@@H]1C[C@H](C)CC[C@@H]1C(C)C. The summed E-state index contributed by atoms with van der Waals surface area (Å²) in [4.78, 5) is 11.7. The first-order valence-electron chi connectivity index (χ1n) is 6.62. The quantitative estimate of drug-likeness (QED) is 0.687. The highest BCUT2D eigenvalue weighted by Crippen LogP contribution is 2.35. The summed E-state index contributed by atoms with van der Waals surface area (Å²) < 4.78 is 5.66. The van der Waals surface area contributed by atoms with Gasteiger partial charge in [0.2, 0.25) is 0 Å². The molecule has 0 aromatic carbocycles. The minimum Gasteiger partial charge on any atom is -0.462 e. The molecule has 0 heterocycles. The Morgan fingerprint density at radius 3 is 2.31 bits per heavy atom. The molecule has 16 heavy (non-hydrogen) atoms. The van der Waals surface area contributed by atoms with E-state index in [2.05, 4.69) is 20.8 Å². The molecule has 0 aromatic rings. The standard InChI is InChI=1S/C14H26O2/c1-9(2)12-7-6-11(5)8-13(12)16-14(15)10(3)4/h9-13H,6-8H2,1-5H3/t11-,12-,13-/m1/s1. The first-order chi connectivity index (χ1) is 7.41. The predicted octanol–water partition coefficient (Wildman–Crippen LogP) is 3.65. The Morgan fingerprint density at radius 1 is 1.19 bits per heavy atom. The van der Waals surface area contributed by atoms with Crippen LogP contribution < -0.4 is 0 Å². The van der Waals surface area contributed by atoms with Crippen molar-refractivity contribution in [3.8, 4) is 0 Å². The molecule has 0 amide bonds. The van der Waals surface area contributed by atoms with Crippen molar-refractivity contribution in [2.75, 3.05) is 0 Å². The summed E-state index contributed by atoms with van der Waals surface area (Å²) in [5, 5.41) is 0. The van der Waals surface area contributed by atoms with E-state index in [-0.39, 0.29) is 18.0 Å². The number of hydrogen-bond donors (Lipinski definition) is 0. The highest BCUT2D eigenvalue weighted by atomic mass is 16.5. The average molecular weight is 226 g/mol. The minimum atomic E-state index is -0.0373. The fourth-order valence-electron chi connectivity index (χ4n) is 2.54. The summed E-state index contributed by atoms with van der Waals surface area (Å²) in [5.74, 6) is 1.81. The molecule has 1 aliphatic carbocycles. The predicted molar refractivity (Wildman–Crippen MR) is 66.1 cm³/mol. The second-order valence-corrected chi connectivity index (χ2v) is 5.96. The second kappa shape index (κ2) is 5.70. The van der Waals surface area contributed by atoms with E-state index in [1.54, 1.807) is 0 Å². The van der Waals surface area contributed by atoms with Crippen LogP contribution in [-0.2, 0) is 9.53 Å². The van der Waals surface area contributed by atoms with E-state index in [1.807, 2.05) is 13.8 Å². The molecule has 0 aromatic heterocycles. The lowest BCUT2D eigenvalue weighted by Gasteiger charge is -2.37. The van der Waals surface area contributed by atoms with E-state index >= 15 is 0 Å². The van der Waals surface area contributed by atoms with Crippen molar-refractivity contribution < 1.29 is 9.53 Å². The van der Waals surface area contributed by atoms with Gasteiger partial charge in [0.05, 0.1) is 5.92 Å². The molecule has 2 heteroatoms. The third-order valence-electron chi connectivity index (χ3n) is 3.70. The van der Waals surface area contributed by atoms with Crippen LogP contribution in [0.5, 0.6) is 0 Å². The maximum Gasteiger partial charge on any atom is 0.308 e. The molecule has 0 N–H and O–H groups in total. The van der Waals surface area contributed by atoms with Crippen LogP contribution in [0.4, 0.5) is 0 Å². The highest BCUT2D eigenvalue weighted by molar-refractivity contribution is 5.71.